The van der Waals surface area contributed by atoms with E-state index in [9.17, 15) is 4.79 Å². The van der Waals surface area contributed by atoms with Crippen LogP contribution in [0.4, 0.5) is 0 Å². The van der Waals surface area contributed by atoms with Crippen LogP contribution in [0.2, 0.25) is 0 Å². The predicted molar refractivity (Wildman–Crippen MR) is 65.1 cm³/mol. The number of hydrogen-bond donors (Lipinski definition) is 2. The topological polar surface area (TPSA) is 63.3 Å². The molecule has 0 amide bonds. The van der Waals surface area contributed by atoms with Gasteiger partial charge in [0.25, 0.3) is 0 Å². The van der Waals surface area contributed by atoms with Crippen molar-refractivity contribution >= 4 is 5.97 Å². The second-order valence-corrected chi connectivity index (χ2v) is 6.24. The molecule has 0 heterocycles. The van der Waals surface area contributed by atoms with E-state index in [1.54, 1.807) is 0 Å². The number of hydrogen-bond acceptors (Lipinski definition) is 2. The Hall–Kier alpha value is -0.570. The molecule has 3 heteroatoms. The molecule has 0 aromatic carbocycles. The molecule has 94 valence electrons. The van der Waals surface area contributed by atoms with Gasteiger partial charge in [0.1, 0.15) is 0 Å². The van der Waals surface area contributed by atoms with E-state index in [4.69, 9.17) is 10.8 Å². The lowest BCUT2D eigenvalue weighted by Gasteiger charge is -2.38. The summed E-state index contributed by atoms with van der Waals surface area (Å²) in [7, 11) is 0. The third-order valence-electron chi connectivity index (χ3n) is 4.01. The Kier molecular flexibility index (Phi) is 4.36. The second kappa shape index (κ2) is 5.17. The van der Waals surface area contributed by atoms with Crippen LogP contribution >= 0.6 is 0 Å². The highest BCUT2D eigenvalue weighted by Crippen LogP contribution is 2.40. The molecule has 0 saturated heterocycles. The summed E-state index contributed by atoms with van der Waals surface area (Å²) in [5.74, 6) is 0.404. The van der Waals surface area contributed by atoms with E-state index in [2.05, 4.69) is 20.8 Å². The second-order valence-electron chi connectivity index (χ2n) is 6.24. The maximum Gasteiger partial charge on any atom is 0.304 e. The normalized spacial score (nSPS) is 28.8. The fraction of sp³-hybridized carbons (Fsp3) is 0.923. The van der Waals surface area contributed by atoms with E-state index in [0.717, 1.165) is 18.8 Å². The minimum Gasteiger partial charge on any atom is -0.481 e. The Labute approximate surface area is 98.4 Å². The highest BCUT2D eigenvalue weighted by molar-refractivity contribution is 5.67. The first-order valence-electron chi connectivity index (χ1n) is 6.28. The van der Waals surface area contributed by atoms with Crippen molar-refractivity contribution in [1.29, 1.82) is 0 Å². The van der Waals surface area contributed by atoms with Crippen molar-refractivity contribution in [2.45, 2.75) is 58.9 Å². The molecule has 1 saturated carbocycles. The molecule has 0 aromatic heterocycles. The van der Waals surface area contributed by atoms with Gasteiger partial charge in [0, 0.05) is 6.04 Å². The molecular formula is C13H25NO2. The minimum atomic E-state index is -0.773. The van der Waals surface area contributed by atoms with Gasteiger partial charge in [-0.1, -0.05) is 20.8 Å². The Bertz CT molecular complexity index is 237. The first-order valence-corrected chi connectivity index (χ1v) is 6.28. The van der Waals surface area contributed by atoms with Crippen molar-refractivity contribution in [2.24, 2.45) is 23.0 Å². The lowest BCUT2D eigenvalue weighted by molar-refractivity contribution is -0.137. The van der Waals surface area contributed by atoms with Crippen LogP contribution in [0.1, 0.15) is 52.9 Å². The van der Waals surface area contributed by atoms with Crippen LogP contribution in [-0.4, -0.2) is 17.1 Å². The van der Waals surface area contributed by atoms with Gasteiger partial charge in [-0.15, -0.1) is 0 Å². The van der Waals surface area contributed by atoms with E-state index in [1.807, 2.05) is 0 Å². The molecular weight excluding hydrogens is 202 g/mol. The van der Waals surface area contributed by atoms with Crippen molar-refractivity contribution in [3.63, 3.8) is 0 Å². The van der Waals surface area contributed by atoms with Gasteiger partial charge in [-0.25, -0.2) is 0 Å². The quantitative estimate of drug-likeness (QED) is 0.779. The van der Waals surface area contributed by atoms with Crippen molar-refractivity contribution in [3.05, 3.63) is 0 Å². The van der Waals surface area contributed by atoms with Gasteiger partial charge in [0.15, 0.2) is 0 Å². The number of aliphatic carboxylic acids is 1. The lowest BCUT2D eigenvalue weighted by Crippen LogP contribution is -2.36. The van der Waals surface area contributed by atoms with Crippen molar-refractivity contribution < 1.29 is 9.90 Å². The van der Waals surface area contributed by atoms with Crippen LogP contribution in [0.25, 0.3) is 0 Å². The number of nitrogens with two attached hydrogens (primary N) is 1. The molecule has 0 unspecified atom stereocenters. The third-order valence-corrected chi connectivity index (χ3v) is 4.01. The SMILES string of the molecule is CC(C)(C)C1CCC([C@@H](N)CC(=O)O)CC1. The highest BCUT2D eigenvalue weighted by atomic mass is 16.4. The van der Waals surface area contributed by atoms with Gasteiger partial charge >= 0.3 is 5.97 Å². The zero-order chi connectivity index (χ0) is 12.3. The van der Waals surface area contributed by atoms with Gasteiger partial charge in [0.05, 0.1) is 6.42 Å². The molecule has 1 rings (SSSR count). The molecule has 1 atom stereocenters. The van der Waals surface area contributed by atoms with E-state index in [0.29, 0.717) is 11.3 Å². The van der Waals surface area contributed by atoms with E-state index >= 15 is 0 Å². The summed E-state index contributed by atoms with van der Waals surface area (Å²) in [5.41, 5.74) is 6.30. The van der Waals surface area contributed by atoms with Gasteiger partial charge in [0.2, 0.25) is 0 Å². The summed E-state index contributed by atoms with van der Waals surface area (Å²) in [4.78, 5) is 10.6. The standard InChI is InChI=1S/C13H25NO2/c1-13(2,3)10-6-4-9(5-7-10)11(14)8-12(15)16/h9-11H,4-8,14H2,1-3H3,(H,15,16)/t9?,10?,11-/m0/s1. The average Bonchev–Trinajstić information content (AvgIpc) is 2.15. The molecule has 1 fully saturated rings. The fourth-order valence-corrected chi connectivity index (χ4v) is 2.78. The molecule has 1 aliphatic carbocycles. The van der Waals surface area contributed by atoms with Gasteiger partial charge in [-0.2, -0.15) is 0 Å². The number of carbonyl (C=O) groups is 1. The van der Waals surface area contributed by atoms with Gasteiger partial charge < -0.3 is 10.8 Å². The third kappa shape index (κ3) is 3.78. The average molecular weight is 227 g/mol. The maximum absolute atomic E-state index is 10.6. The Morgan fingerprint density at radius 2 is 1.81 bits per heavy atom. The van der Waals surface area contributed by atoms with Crippen molar-refractivity contribution in [3.8, 4) is 0 Å². The molecule has 0 aromatic rings. The predicted octanol–water partition coefficient (Wildman–Crippen LogP) is 2.64. The van der Waals surface area contributed by atoms with E-state index in [1.165, 1.54) is 12.8 Å². The molecule has 3 N–H and O–H groups in total. The first-order chi connectivity index (χ1) is 7.30. The molecule has 16 heavy (non-hydrogen) atoms. The van der Waals surface area contributed by atoms with E-state index in [-0.39, 0.29) is 12.5 Å². The summed E-state index contributed by atoms with van der Waals surface area (Å²) >= 11 is 0. The van der Waals surface area contributed by atoms with Crippen LogP contribution in [0.5, 0.6) is 0 Å². The maximum atomic E-state index is 10.6. The summed E-state index contributed by atoms with van der Waals surface area (Å²) < 4.78 is 0. The summed E-state index contributed by atoms with van der Waals surface area (Å²) in [5, 5.41) is 8.72. The van der Waals surface area contributed by atoms with E-state index < -0.39 is 5.97 Å². The van der Waals surface area contributed by atoms with Crippen molar-refractivity contribution in [2.75, 3.05) is 0 Å². The van der Waals surface area contributed by atoms with Crippen LogP contribution in [0, 0.1) is 17.3 Å². The number of carboxylic acids is 1. The van der Waals surface area contributed by atoms with Gasteiger partial charge in [-0.3, -0.25) is 4.79 Å². The first kappa shape index (κ1) is 13.5. The molecule has 1 aliphatic rings. The smallest absolute Gasteiger partial charge is 0.304 e. The number of carboxylic acid groups (broad SMARTS) is 1. The summed E-state index contributed by atoms with van der Waals surface area (Å²) in [6.45, 7) is 6.86. The Morgan fingerprint density at radius 3 is 2.19 bits per heavy atom. The zero-order valence-corrected chi connectivity index (χ0v) is 10.7. The molecule has 0 spiro atoms. The highest BCUT2D eigenvalue weighted by Gasteiger charge is 2.32. The Morgan fingerprint density at radius 1 is 1.31 bits per heavy atom. The zero-order valence-electron chi connectivity index (χ0n) is 10.7. The summed E-state index contributed by atoms with van der Waals surface area (Å²) in [6, 6.07) is -0.154. The monoisotopic (exact) mass is 227 g/mol. The number of rotatable bonds is 3. The van der Waals surface area contributed by atoms with Crippen LogP contribution < -0.4 is 5.73 Å². The van der Waals surface area contributed by atoms with Crippen LogP contribution in [0.3, 0.4) is 0 Å². The minimum absolute atomic E-state index is 0.116. The Balaban J connectivity index is 2.40. The molecule has 0 radical (unpaired) electrons. The largest absolute Gasteiger partial charge is 0.481 e. The van der Waals surface area contributed by atoms with Crippen LogP contribution in [-0.2, 0) is 4.79 Å². The molecule has 0 bridgehead atoms. The van der Waals surface area contributed by atoms with Crippen molar-refractivity contribution in [1.82, 2.24) is 0 Å². The lowest BCUT2D eigenvalue weighted by atomic mass is 9.68. The fourth-order valence-electron chi connectivity index (χ4n) is 2.78. The van der Waals surface area contributed by atoms with Crippen LogP contribution in [0.15, 0.2) is 0 Å². The molecule has 0 aliphatic heterocycles. The molecule has 3 nitrogen and oxygen atoms in total. The summed E-state index contributed by atoms with van der Waals surface area (Å²) in [6.07, 6.45) is 4.70. The van der Waals surface area contributed by atoms with Gasteiger partial charge in [-0.05, 0) is 42.9 Å².